The highest BCUT2D eigenvalue weighted by Gasteiger charge is 2.63. The van der Waals surface area contributed by atoms with Gasteiger partial charge in [-0.15, -0.1) is 4.72 Å². The average molecular weight is 428 g/mol. The minimum absolute atomic E-state index is 0.211. The van der Waals surface area contributed by atoms with Crippen LogP contribution >= 0.6 is 0 Å². The Labute approximate surface area is 161 Å². The van der Waals surface area contributed by atoms with Crippen LogP contribution in [0.15, 0.2) is 12.1 Å². The first kappa shape index (κ1) is 24.1. The Balaban J connectivity index is 3.78. The molecule has 2 atom stereocenters. The molecule has 0 spiro atoms. The van der Waals surface area contributed by atoms with Crippen LogP contribution < -0.4 is 4.72 Å². The summed E-state index contributed by atoms with van der Waals surface area (Å²) in [6.07, 6.45) is 0. The summed E-state index contributed by atoms with van der Waals surface area (Å²) in [5.74, 6) is -10.3. The Bertz CT molecular complexity index is 772. The number of hydrogen-bond acceptors (Lipinski definition) is 6. The third kappa shape index (κ3) is 4.55. The largest absolute Gasteiger partial charge is 0.598 e. The number of esters is 1. The van der Waals surface area contributed by atoms with Gasteiger partial charge in [-0.1, -0.05) is 0 Å². The van der Waals surface area contributed by atoms with Crippen molar-refractivity contribution in [3.8, 4) is 0 Å². The molecule has 1 aromatic rings. The molecule has 0 heterocycles. The number of ether oxygens (including phenoxy) is 1. The molecule has 0 radical (unpaired) electrons. The van der Waals surface area contributed by atoms with Crippen LogP contribution in [-0.4, -0.2) is 32.7 Å². The number of rotatable bonds is 7. The molecule has 7 nitrogen and oxygen atoms in total. The second kappa shape index (κ2) is 8.21. The molecule has 0 fully saturated rings. The summed E-state index contributed by atoms with van der Waals surface area (Å²) in [5.41, 5.74) is -5.40. The lowest BCUT2D eigenvalue weighted by Gasteiger charge is -2.38. The van der Waals surface area contributed by atoms with E-state index < -0.39 is 68.0 Å². The number of nitrogens with one attached hydrogen (secondary N) is 1. The van der Waals surface area contributed by atoms with Gasteiger partial charge in [0.15, 0.2) is 17.2 Å². The van der Waals surface area contributed by atoms with E-state index in [9.17, 15) is 28.2 Å². The predicted octanol–water partition coefficient (Wildman–Crippen LogP) is 3.34. The standard InChI is InChI=1S/C16H20F4N2O5S/c1-6-27-13(23)16(19,20)15(5,21-28(26)14(2,3)4)10-7-9(22(24)25)8-11(17)12(10)18/h7-8,21H,6H2,1-5H3/t15-,28-/m1/s1. The van der Waals surface area contributed by atoms with E-state index in [4.69, 9.17) is 0 Å². The van der Waals surface area contributed by atoms with Crippen LogP contribution in [0.4, 0.5) is 23.2 Å². The zero-order valence-corrected chi connectivity index (χ0v) is 16.6. The van der Waals surface area contributed by atoms with Gasteiger partial charge in [0.2, 0.25) is 0 Å². The quantitative estimate of drug-likeness (QED) is 0.235. The van der Waals surface area contributed by atoms with Crippen LogP contribution in [0, 0.1) is 21.7 Å². The number of nitrogens with zero attached hydrogens (tertiary/aromatic N) is 1. The number of benzene rings is 1. The Kier molecular flexibility index (Phi) is 7.07. The number of nitro benzene ring substituents is 1. The molecule has 0 aromatic heterocycles. The second-order valence-corrected chi connectivity index (χ2v) is 8.92. The summed E-state index contributed by atoms with van der Waals surface area (Å²) in [6, 6.07) is 0.570. The van der Waals surface area contributed by atoms with Crippen LogP contribution in [-0.2, 0) is 26.4 Å². The molecule has 0 saturated carbocycles. The maximum absolute atomic E-state index is 15.0. The predicted molar refractivity (Wildman–Crippen MR) is 93.0 cm³/mol. The molecular formula is C16H20F4N2O5S. The fourth-order valence-corrected chi connectivity index (χ4v) is 3.01. The molecule has 0 amide bonds. The monoisotopic (exact) mass is 428 g/mol. The van der Waals surface area contributed by atoms with Crippen molar-refractivity contribution in [1.82, 2.24) is 4.72 Å². The van der Waals surface area contributed by atoms with Gasteiger partial charge in [-0.25, -0.2) is 13.6 Å². The molecule has 1 aromatic carbocycles. The second-order valence-electron chi connectivity index (χ2n) is 6.95. The van der Waals surface area contributed by atoms with Gasteiger partial charge in [-0.05, 0) is 34.6 Å². The zero-order valence-electron chi connectivity index (χ0n) is 15.8. The van der Waals surface area contributed by atoms with Crippen LogP contribution in [0.2, 0.25) is 0 Å². The third-order valence-electron chi connectivity index (χ3n) is 3.78. The zero-order chi connectivity index (χ0) is 22.1. The first-order valence-corrected chi connectivity index (χ1v) is 9.13. The molecule has 28 heavy (non-hydrogen) atoms. The van der Waals surface area contributed by atoms with Gasteiger partial charge in [0.25, 0.3) is 5.69 Å². The number of hydrogen-bond donors (Lipinski definition) is 1. The average Bonchev–Trinajstić information content (AvgIpc) is 2.55. The molecule has 158 valence electrons. The smallest absolute Gasteiger partial charge is 0.379 e. The summed E-state index contributed by atoms with van der Waals surface area (Å²) >= 11 is -2.30. The molecule has 0 aliphatic rings. The number of nitro groups is 1. The van der Waals surface area contributed by atoms with Crippen molar-refractivity contribution in [2.45, 2.75) is 50.8 Å². The lowest BCUT2D eigenvalue weighted by atomic mass is 9.85. The summed E-state index contributed by atoms with van der Waals surface area (Å²) in [4.78, 5) is 21.7. The summed E-state index contributed by atoms with van der Waals surface area (Å²) in [7, 11) is 0. The Morgan fingerprint density at radius 1 is 1.25 bits per heavy atom. The highest BCUT2D eigenvalue weighted by atomic mass is 32.2. The van der Waals surface area contributed by atoms with Crippen molar-refractivity contribution in [3.63, 3.8) is 0 Å². The van der Waals surface area contributed by atoms with E-state index >= 15 is 8.78 Å². The Hall–Kier alpha value is -1.92. The highest BCUT2D eigenvalue weighted by molar-refractivity contribution is 7.90. The van der Waals surface area contributed by atoms with Gasteiger partial charge < -0.3 is 9.29 Å². The summed E-state index contributed by atoms with van der Waals surface area (Å²) in [6.45, 7) is 5.61. The van der Waals surface area contributed by atoms with Gasteiger partial charge >= 0.3 is 11.9 Å². The lowest BCUT2D eigenvalue weighted by molar-refractivity contribution is -0.385. The lowest BCUT2D eigenvalue weighted by Crippen LogP contribution is -2.62. The molecular weight excluding hydrogens is 408 g/mol. The molecule has 0 aliphatic carbocycles. The molecule has 0 bridgehead atoms. The SMILES string of the molecule is CCOC(=O)C(F)(F)[C@](C)(N[S@+]([O-])C(C)(C)C)c1cc([N+](=O)[O-])cc(F)c1F. The van der Waals surface area contributed by atoms with E-state index in [0.717, 1.165) is 0 Å². The first-order chi connectivity index (χ1) is 12.6. The number of non-ortho nitro benzene ring substituents is 1. The van der Waals surface area contributed by atoms with E-state index in [1.807, 2.05) is 4.72 Å². The number of halogens is 4. The highest BCUT2D eigenvalue weighted by Crippen LogP contribution is 2.42. The first-order valence-electron chi connectivity index (χ1n) is 7.98. The minimum Gasteiger partial charge on any atom is -0.598 e. The normalized spacial score (nSPS) is 15.6. The van der Waals surface area contributed by atoms with Gasteiger partial charge in [0.05, 0.1) is 17.6 Å². The van der Waals surface area contributed by atoms with Crippen molar-refractivity contribution in [1.29, 1.82) is 0 Å². The van der Waals surface area contributed by atoms with Crippen molar-refractivity contribution < 1.29 is 36.6 Å². The Morgan fingerprint density at radius 3 is 2.21 bits per heavy atom. The van der Waals surface area contributed by atoms with Crippen LogP contribution in [0.25, 0.3) is 0 Å². The van der Waals surface area contributed by atoms with Crippen LogP contribution in [0.1, 0.15) is 40.2 Å². The van der Waals surface area contributed by atoms with Crippen molar-refractivity contribution in [2.24, 2.45) is 0 Å². The maximum atomic E-state index is 15.0. The maximum Gasteiger partial charge on any atom is 0.379 e. The van der Waals surface area contributed by atoms with E-state index in [1.54, 1.807) is 0 Å². The van der Waals surface area contributed by atoms with Crippen molar-refractivity contribution >= 4 is 23.0 Å². The van der Waals surface area contributed by atoms with Crippen LogP contribution in [0.3, 0.4) is 0 Å². The van der Waals surface area contributed by atoms with Crippen molar-refractivity contribution in [2.75, 3.05) is 6.61 Å². The van der Waals surface area contributed by atoms with Crippen molar-refractivity contribution in [3.05, 3.63) is 39.4 Å². The fraction of sp³-hybridized carbons (Fsp3) is 0.562. The Morgan fingerprint density at radius 2 is 1.79 bits per heavy atom. The molecule has 1 rings (SSSR count). The van der Waals surface area contributed by atoms with E-state index in [1.165, 1.54) is 27.7 Å². The number of carbonyl (C=O) groups is 1. The third-order valence-corrected chi connectivity index (χ3v) is 5.48. The summed E-state index contributed by atoms with van der Waals surface area (Å²) < 4.78 is 75.9. The fourth-order valence-electron chi connectivity index (χ4n) is 2.10. The van der Waals surface area contributed by atoms with E-state index in [0.29, 0.717) is 13.0 Å². The summed E-state index contributed by atoms with van der Waals surface area (Å²) in [5, 5.41) is 11.0. The van der Waals surface area contributed by atoms with Crippen LogP contribution in [0.5, 0.6) is 0 Å². The van der Waals surface area contributed by atoms with E-state index in [2.05, 4.69) is 4.74 Å². The van der Waals surface area contributed by atoms with Gasteiger partial charge in [0, 0.05) is 23.0 Å². The topological polar surface area (TPSA) is 105 Å². The van der Waals surface area contributed by atoms with Gasteiger partial charge in [0.1, 0.15) is 4.75 Å². The molecule has 12 heteroatoms. The minimum atomic E-state index is -4.56. The van der Waals surface area contributed by atoms with Gasteiger partial charge in [-0.3, -0.25) is 10.1 Å². The number of carbonyl (C=O) groups excluding carboxylic acids is 1. The molecule has 1 N–H and O–H groups in total. The molecule has 0 aliphatic heterocycles. The molecule has 0 saturated heterocycles. The van der Waals surface area contributed by atoms with Gasteiger partial charge in [-0.2, -0.15) is 8.78 Å². The number of alkyl halides is 2. The van der Waals surface area contributed by atoms with E-state index in [-0.39, 0.29) is 6.07 Å². The molecule has 0 unspecified atom stereocenters.